The van der Waals surface area contributed by atoms with Crippen molar-refractivity contribution >= 4 is 38.3 Å². The van der Waals surface area contributed by atoms with Crippen LogP contribution in [0.1, 0.15) is 10.4 Å². The third-order valence-corrected chi connectivity index (χ3v) is 6.64. The summed E-state index contributed by atoms with van der Waals surface area (Å²) in [6, 6.07) is 23.0. The molecule has 0 spiro atoms. The number of hydrogen-bond acceptors (Lipinski definition) is 7. The fourth-order valence-electron chi connectivity index (χ4n) is 3.78. The Kier molecular flexibility index (Phi) is 5.64. The summed E-state index contributed by atoms with van der Waals surface area (Å²) < 4.78 is 11.7. The Morgan fingerprint density at radius 3 is 2.28 bits per heavy atom. The lowest BCUT2D eigenvalue weighted by molar-refractivity contribution is 0.0735. The van der Waals surface area contributed by atoms with E-state index in [2.05, 4.69) is 34.1 Å². The van der Waals surface area contributed by atoms with E-state index < -0.39 is 5.97 Å². The Bertz CT molecular complexity index is 1220. The van der Waals surface area contributed by atoms with Gasteiger partial charge in [0.1, 0.15) is 11.5 Å². The summed E-state index contributed by atoms with van der Waals surface area (Å²) in [7, 11) is 1.59. The van der Waals surface area contributed by atoms with Crippen LogP contribution in [0.2, 0.25) is 0 Å². The molecule has 32 heavy (non-hydrogen) atoms. The molecule has 0 amide bonds. The number of piperazine rings is 1. The molecule has 0 bridgehead atoms. The molecule has 0 unspecified atom stereocenters. The van der Waals surface area contributed by atoms with Gasteiger partial charge in [-0.1, -0.05) is 29.5 Å². The molecule has 1 fully saturated rings. The number of nitrogens with zero attached hydrogens (tertiary/aromatic N) is 3. The first kappa shape index (κ1) is 20.3. The van der Waals surface area contributed by atoms with E-state index in [0.717, 1.165) is 41.5 Å². The molecule has 1 aliphatic rings. The summed E-state index contributed by atoms with van der Waals surface area (Å²) in [5.41, 5.74) is 2.66. The molecule has 0 radical (unpaired) electrons. The molecule has 0 N–H and O–H groups in total. The zero-order valence-corrected chi connectivity index (χ0v) is 18.5. The van der Waals surface area contributed by atoms with E-state index in [9.17, 15) is 4.79 Å². The highest BCUT2D eigenvalue weighted by atomic mass is 32.1. The second-order valence-corrected chi connectivity index (χ2v) is 8.56. The van der Waals surface area contributed by atoms with Gasteiger partial charge in [-0.3, -0.25) is 0 Å². The summed E-state index contributed by atoms with van der Waals surface area (Å²) in [4.78, 5) is 22.0. The first-order valence-electron chi connectivity index (χ1n) is 10.5. The maximum Gasteiger partial charge on any atom is 0.343 e. The number of ether oxygens (including phenoxy) is 2. The van der Waals surface area contributed by atoms with Gasteiger partial charge in [0, 0.05) is 37.9 Å². The number of para-hydroxylation sites is 1. The summed E-state index contributed by atoms with van der Waals surface area (Å²) in [6.07, 6.45) is 0. The predicted molar refractivity (Wildman–Crippen MR) is 128 cm³/mol. The number of rotatable bonds is 5. The first-order valence-corrected chi connectivity index (χ1v) is 11.3. The predicted octanol–water partition coefficient (Wildman–Crippen LogP) is 4.85. The van der Waals surface area contributed by atoms with E-state index in [0.29, 0.717) is 17.1 Å². The van der Waals surface area contributed by atoms with Gasteiger partial charge in [0.2, 0.25) is 0 Å². The van der Waals surface area contributed by atoms with E-state index >= 15 is 0 Å². The van der Waals surface area contributed by atoms with Crippen LogP contribution >= 0.6 is 11.3 Å². The molecule has 6 nitrogen and oxygen atoms in total. The minimum absolute atomic E-state index is 0.395. The lowest BCUT2D eigenvalue weighted by Gasteiger charge is -2.35. The highest BCUT2D eigenvalue weighted by Gasteiger charge is 2.20. The molecule has 1 saturated heterocycles. The number of thiazole rings is 1. The van der Waals surface area contributed by atoms with Crippen LogP contribution < -0.4 is 19.3 Å². The van der Waals surface area contributed by atoms with Crippen molar-refractivity contribution in [3.63, 3.8) is 0 Å². The minimum Gasteiger partial charge on any atom is -0.497 e. The highest BCUT2D eigenvalue weighted by Crippen LogP contribution is 2.32. The number of fused-ring (bicyclic) bond motifs is 1. The molecule has 0 aliphatic carbocycles. The van der Waals surface area contributed by atoms with Crippen molar-refractivity contribution in [1.29, 1.82) is 0 Å². The summed E-state index contributed by atoms with van der Waals surface area (Å²) in [5, 5.41) is 1.01. The van der Waals surface area contributed by atoms with Crippen molar-refractivity contribution in [1.82, 2.24) is 4.98 Å². The number of methoxy groups -OCH3 is 1. The fraction of sp³-hybridized carbons (Fsp3) is 0.200. The van der Waals surface area contributed by atoms with Crippen molar-refractivity contribution in [2.24, 2.45) is 0 Å². The topological polar surface area (TPSA) is 54.9 Å². The second kappa shape index (κ2) is 8.88. The van der Waals surface area contributed by atoms with Gasteiger partial charge in [0.05, 0.1) is 22.9 Å². The van der Waals surface area contributed by atoms with Gasteiger partial charge in [0.15, 0.2) is 5.13 Å². The van der Waals surface area contributed by atoms with Crippen molar-refractivity contribution in [2.45, 2.75) is 0 Å². The van der Waals surface area contributed by atoms with Crippen molar-refractivity contribution < 1.29 is 14.3 Å². The van der Waals surface area contributed by atoms with E-state index in [1.807, 2.05) is 18.2 Å². The number of aromatic nitrogens is 1. The van der Waals surface area contributed by atoms with E-state index in [4.69, 9.17) is 14.5 Å². The van der Waals surface area contributed by atoms with Gasteiger partial charge in [-0.2, -0.15) is 0 Å². The Balaban J connectivity index is 1.26. The molecular weight excluding hydrogens is 422 g/mol. The fourth-order valence-corrected chi connectivity index (χ4v) is 4.83. The van der Waals surface area contributed by atoms with E-state index in [1.54, 1.807) is 48.8 Å². The van der Waals surface area contributed by atoms with Crippen LogP contribution in [0.15, 0.2) is 72.8 Å². The zero-order valence-electron chi connectivity index (χ0n) is 17.7. The molecule has 4 aromatic rings. The molecule has 1 aliphatic heterocycles. The molecule has 7 heteroatoms. The van der Waals surface area contributed by atoms with Gasteiger partial charge in [-0.25, -0.2) is 9.78 Å². The van der Waals surface area contributed by atoms with Gasteiger partial charge >= 0.3 is 5.97 Å². The molecule has 162 valence electrons. The Hall–Kier alpha value is -3.58. The Morgan fingerprint density at radius 2 is 1.56 bits per heavy atom. The van der Waals surface area contributed by atoms with Crippen LogP contribution in [0.25, 0.3) is 10.2 Å². The smallest absolute Gasteiger partial charge is 0.343 e. The average Bonchev–Trinajstić information content (AvgIpc) is 3.28. The average molecular weight is 446 g/mol. The number of carbonyl (C=O) groups is 1. The highest BCUT2D eigenvalue weighted by molar-refractivity contribution is 7.22. The number of hydrogen-bond donors (Lipinski definition) is 0. The van der Waals surface area contributed by atoms with Gasteiger partial charge < -0.3 is 19.3 Å². The Labute approximate surface area is 190 Å². The molecule has 1 aromatic heterocycles. The minimum atomic E-state index is -0.395. The lowest BCUT2D eigenvalue weighted by Crippen LogP contribution is -2.46. The maximum atomic E-state index is 12.5. The summed E-state index contributed by atoms with van der Waals surface area (Å²) in [5.74, 6) is 0.820. The monoisotopic (exact) mass is 445 g/mol. The van der Waals surface area contributed by atoms with E-state index in [-0.39, 0.29) is 0 Å². The normalized spacial score (nSPS) is 13.9. The molecule has 0 atom stereocenters. The SMILES string of the molecule is COc1ccc(C(=O)Oc2ccc3nc(N4CCN(c5ccccc5)CC4)sc3c2)cc1. The Morgan fingerprint density at radius 1 is 0.875 bits per heavy atom. The first-order chi connectivity index (χ1) is 15.7. The molecular formula is C25H23N3O3S. The van der Waals surface area contributed by atoms with Crippen molar-refractivity contribution in [2.75, 3.05) is 43.1 Å². The van der Waals surface area contributed by atoms with E-state index in [1.165, 1.54) is 5.69 Å². The number of esters is 1. The van der Waals surface area contributed by atoms with Gasteiger partial charge in [-0.05, 0) is 48.5 Å². The van der Waals surface area contributed by atoms with Gasteiger partial charge in [0.25, 0.3) is 0 Å². The maximum absolute atomic E-state index is 12.5. The lowest BCUT2D eigenvalue weighted by atomic mass is 10.2. The number of anilines is 2. The van der Waals surface area contributed by atoms with Crippen LogP contribution in [0, 0.1) is 0 Å². The van der Waals surface area contributed by atoms with Crippen LogP contribution in [0.4, 0.5) is 10.8 Å². The zero-order chi connectivity index (χ0) is 21.9. The standard InChI is InChI=1S/C25H23N3O3S/c1-30-20-9-7-18(8-10-20)24(29)31-21-11-12-22-23(17-21)32-25(26-22)28-15-13-27(14-16-28)19-5-3-2-4-6-19/h2-12,17H,13-16H2,1H3. The molecule has 0 saturated carbocycles. The quantitative estimate of drug-likeness (QED) is 0.323. The number of benzene rings is 3. The van der Waals surface area contributed by atoms with Gasteiger partial charge in [-0.15, -0.1) is 0 Å². The third kappa shape index (κ3) is 4.24. The molecule has 2 heterocycles. The second-order valence-electron chi connectivity index (χ2n) is 7.55. The van der Waals surface area contributed by atoms with Crippen LogP contribution in [-0.2, 0) is 0 Å². The molecule has 3 aromatic carbocycles. The number of carbonyl (C=O) groups excluding carboxylic acids is 1. The largest absolute Gasteiger partial charge is 0.497 e. The molecule has 5 rings (SSSR count). The van der Waals surface area contributed by atoms with Crippen LogP contribution in [0.5, 0.6) is 11.5 Å². The summed E-state index contributed by atoms with van der Waals surface area (Å²) >= 11 is 1.63. The van der Waals surface area contributed by atoms with Crippen LogP contribution in [0.3, 0.4) is 0 Å². The van der Waals surface area contributed by atoms with Crippen molar-refractivity contribution in [3.05, 3.63) is 78.4 Å². The summed E-state index contributed by atoms with van der Waals surface area (Å²) in [6.45, 7) is 3.78. The van der Waals surface area contributed by atoms with Crippen LogP contribution in [-0.4, -0.2) is 44.2 Å². The van der Waals surface area contributed by atoms with Crippen molar-refractivity contribution in [3.8, 4) is 11.5 Å². The third-order valence-electron chi connectivity index (χ3n) is 5.56.